The van der Waals surface area contributed by atoms with Gasteiger partial charge in [0.15, 0.2) is 0 Å². The number of thiophene rings is 1. The fourth-order valence-corrected chi connectivity index (χ4v) is 4.48. The Hall–Kier alpha value is -1.36. The quantitative estimate of drug-likeness (QED) is 0.908. The van der Waals surface area contributed by atoms with E-state index in [0.29, 0.717) is 0 Å². The molecule has 1 aromatic heterocycles. The molecule has 1 aliphatic carbocycles. The van der Waals surface area contributed by atoms with Crippen LogP contribution in [0.3, 0.4) is 0 Å². The Morgan fingerprint density at radius 2 is 2.30 bits per heavy atom. The van der Waals surface area contributed by atoms with Crippen LogP contribution in [0.4, 0.5) is 0 Å². The van der Waals surface area contributed by atoms with E-state index in [1.54, 1.807) is 18.4 Å². The maximum Gasteiger partial charge on any atom is 0.254 e. The van der Waals surface area contributed by atoms with E-state index in [-0.39, 0.29) is 23.1 Å². The van der Waals surface area contributed by atoms with Gasteiger partial charge in [0.2, 0.25) is 5.91 Å². The number of likely N-dealkylation sites (tertiary alicyclic amines) is 1. The van der Waals surface area contributed by atoms with Crippen molar-refractivity contribution in [3.05, 3.63) is 22.4 Å². The first-order valence-corrected chi connectivity index (χ1v) is 8.14. The predicted octanol–water partition coefficient (Wildman–Crippen LogP) is 2.13. The summed E-state index contributed by atoms with van der Waals surface area (Å²) in [5, 5.41) is 6.62. The molecule has 0 bridgehead atoms. The molecule has 1 aliphatic heterocycles. The molecule has 1 saturated heterocycles. The van der Waals surface area contributed by atoms with E-state index in [4.69, 9.17) is 0 Å². The molecule has 108 valence electrons. The van der Waals surface area contributed by atoms with Gasteiger partial charge in [-0.1, -0.05) is 6.42 Å². The van der Waals surface area contributed by atoms with E-state index in [1.807, 2.05) is 21.7 Å². The van der Waals surface area contributed by atoms with Crippen LogP contribution in [0.25, 0.3) is 0 Å². The van der Waals surface area contributed by atoms with Crippen molar-refractivity contribution in [3.63, 3.8) is 0 Å². The van der Waals surface area contributed by atoms with Gasteiger partial charge in [0.1, 0.15) is 0 Å². The first-order chi connectivity index (χ1) is 9.66. The molecule has 2 heterocycles. The second kappa shape index (κ2) is 5.20. The van der Waals surface area contributed by atoms with Crippen LogP contribution in [0.2, 0.25) is 0 Å². The lowest BCUT2D eigenvalue weighted by atomic mass is 9.76. The molecular formula is C15H20N2O2S. The lowest BCUT2D eigenvalue weighted by Gasteiger charge is -2.30. The molecule has 0 radical (unpaired) electrons. The molecule has 2 aliphatic rings. The molecule has 0 aromatic carbocycles. The second-order valence-electron chi connectivity index (χ2n) is 5.91. The minimum atomic E-state index is 0.0196. The summed E-state index contributed by atoms with van der Waals surface area (Å²) in [6, 6.07) is 1.88. The molecule has 1 N–H and O–H groups in total. The third-order valence-corrected chi connectivity index (χ3v) is 5.59. The number of nitrogens with one attached hydrogen (secondary N) is 1. The summed E-state index contributed by atoms with van der Waals surface area (Å²) >= 11 is 1.55. The van der Waals surface area contributed by atoms with Crippen LogP contribution in [0.15, 0.2) is 16.8 Å². The highest BCUT2D eigenvalue weighted by Gasteiger charge is 2.51. The van der Waals surface area contributed by atoms with E-state index < -0.39 is 0 Å². The third kappa shape index (κ3) is 2.14. The summed E-state index contributed by atoms with van der Waals surface area (Å²) in [5.74, 6) is 0.339. The highest BCUT2D eigenvalue weighted by atomic mass is 32.1. The standard InChI is InChI=1S/C15H20N2O2S/c1-16-13(18)12-3-2-5-15(12)6-7-17(10-15)14(19)11-4-8-20-9-11/h4,8-9,12H,2-3,5-7,10H2,1H3,(H,16,18). The summed E-state index contributed by atoms with van der Waals surface area (Å²) in [7, 11) is 1.71. The summed E-state index contributed by atoms with van der Waals surface area (Å²) in [5.41, 5.74) is 0.799. The summed E-state index contributed by atoms with van der Waals surface area (Å²) in [6.45, 7) is 1.52. The van der Waals surface area contributed by atoms with Crippen molar-refractivity contribution in [2.24, 2.45) is 11.3 Å². The van der Waals surface area contributed by atoms with Crippen molar-refractivity contribution in [3.8, 4) is 0 Å². The molecule has 3 rings (SSSR count). The number of nitrogens with zero attached hydrogens (tertiary/aromatic N) is 1. The molecule has 1 saturated carbocycles. The van der Waals surface area contributed by atoms with Crippen LogP contribution < -0.4 is 5.32 Å². The molecule has 5 heteroatoms. The van der Waals surface area contributed by atoms with E-state index >= 15 is 0 Å². The molecule has 2 amide bonds. The monoisotopic (exact) mass is 292 g/mol. The van der Waals surface area contributed by atoms with E-state index in [1.165, 1.54) is 0 Å². The Kier molecular flexibility index (Phi) is 3.54. The third-order valence-electron chi connectivity index (χ3n) is 4.91. The number of carbonyl (C=O) groups is 2. The zero-order chi connectivity index (χ0) is 14.2. The minimum absolute atomic E-state index is 0.0196. The largest absolute Gasteiger partial charge is 0.359 e. The van der Waals surface area contributed by atoms with Crippen LogP contribution in [-0.4, -0.2) is 36.9 Å². The number of hydrogen-bond acceptors (Lipinski definition) is 3. The first kappa shape index (κ1) is 13.6. The fourth-order valence-electron chi connectivity index (χ4n) is 3.85. The molecule has 20 heavy (non-hydrogen) atoms. The number of amides is 2. The van der Waals surface area contributed by atoms with Crippen LogP contribution in [0, 0.1) is 11.3 Å². The van der Waals surface area contributed by atoms with Crippen molar-refractivity contribution in [1.29, 1.82) is 0 Å². The molecule has 1 spiro atoms. The van der Waals surface area contributed by atoms with Gasteiger partial charge >= 0.3 is 0 Å². The van der Waals surface area contributed by atoms with Gasteiger partial charge in [-0.05, 0) is 30.7 Å². The maximum absolute atomic E-state index is 12.4. The number of rotatable bonds is 2. The molecule has 4 nitrogen and oxygen atoms in total. The molecular weight excluding hydrogens is 272 g/mol. The molecule has 2 unspecified atom stereocenters. The first-order valence-electron chi connectivity index (χ1n) is 7.19. The Balaban J connectivity index is 1.75. The van der Waals surface area contributed by atoms with Crippen molar-refractivity contribution < 1.29 is 9.59 Å². The Morgan fingerprint density at radius 1 is 1.45 bits per heavy atom. The highest BCUT2D eigenvalue weighted by Crippen LogP contribution is 2.50. The Morgan fingerprint density at radius 3 is 3.00 bits per heavy atom. The lowest BCUT2D eigenvalue weighted by molar-refractivity contribution is -0.127. The van der Waals surface area contributed by atoms with E-state index in [2.05, 4.69) is 5.32 Å². The number of hydrogen-bond donors (Lipinski definition) is 1. The molecule has 2 atom stereocenters. The Bertz CT molecular complexity index is 514. The average molecular weight is 292 g/mol. The zero-order valence-electron chi connectivity index (χ0n) is 11.7. The lowest BCUT2D eigenvalue weighted by Crippen LogP contribution is -2.40. The SMILES string of the molecule is CNC(=O)C1CCCC12CCN(C(=O)c1ccsc1)C2. The van der Waals surface area contributed by atoms with Gasteiger partial charge < -0.3 is 10.2 Å². The van der Waals surface area contributed by atoms with Crippen molar-refractivity contribution >= 4 is 23.2 Å². The second-order valence-corrected chi connectivity index (χ2v) is 6.69. The van der Waals surface area contributed by atoms with Gasteiger partial charge in [-0.25, -0.2) is 0 Å². The normalized spacial score (nSPS) is 29.1. The average Bonchev–Trinajstić information content (AvgIpc) is 3.19. The van der Waals surface area contributed by atoms with E-state index in [0.717, 1.165) is 44.3 Å². The van der Waals surface area contributed by atoms with Gasteiger partial charge in [-0.2, -0.15) is 11.3 Å². The van der Waals surface area contributed by atoms with Gasteiger partial charge in [0.25, 0.3) is 5.91 Å². The van der Waals surface area contributed by atoms with Gasteiger partial charge in [-0.15, -0.1) is 0 Å². The van der Waals surface area contributed by atoms with Crippen LogP contribution in [0.1, 0.15) is 36.0 Å². The summed E-state index contributed by atoms with van der Waals surface area (Å²) in [6.07, 6.45) is 4.08. The summed E-state index contributed by atoms with van der Waals surface area (Å²) < 4.78 is 0. The van der Waals surface area contributed by atoms with Crippen LogP contribution in [0.5, 0.6) is 0 Å². The van der Waals surface area contributed by atoms with Crippen LogP contribution in [-0.2, 0) is 4.79 Å². The van der Waals surface area contributed by atoms with Crippen molar-refractivity contribution in [1.82, 2.24) is 10.2 Å². The van der Waals surface area contributed by atoms with E-state index in [9.17, 15) is 9.59 Å². The molecule has 2 fully saturated rings. The summed E-state index contributed by atoms with van der Waals surface area (Å²) in [4.78, 5) is 26.4. The maximum atomic E-state index is 12.4. The van der Waals surface area contributed by atoms with Gasteiger partial charge in [0, 0.05) is 36.9 Å². The topological polar surface area (TPSA) is 49.4 Å². The molecule has 1 aromatic rings. The van der Waals surface area contributed by atoms with Crippen molar-refractivity contribution in [2.75, 3.05) is 20.1 Å². The smallest absolute Gasteiger partial charge is 0.254 e. The highest BCUT2D eigenvalue weighted by molar-refractivity contribution is 7.08. The van der Waals surface area contributed by atoms with Crippen molar-refractivity contribution in [2.45, 2.75) is 25.7 Å². The zero-order valence-corrected chi connectivity index (χ0v) is 12.5. The van der Waals surface area contributed by atoms with Gasteiger partial charge in [-0.3, -0.25) is 9.59 Å². The fraction of sp³-hybridized carbons (Fsp3) is 0.600. The van der Waals surface area contributed by atoms with Gasteiger partial charge in [0.05, 0.1) is 5.56 Å². The minimum Gasteiger partial charge on any atom is -0.359 e. The Labute approximate surface area is 123 Å². The number of carbonyl (C=O) groups excluding carboxylic acids is 2. The predicted molar refractivity (Wildman–Crippen MR) is 78.7 cm³/mol. The van der Waals surface area contributed by atoms with Crippen LogP contribution >= 0.6 is 11.3 Å².